The van der Waals surface area contributed by atoms with E-state index in [1.807, 2.05) is 19.1 Å². The van der Waals surface area contributed by atoms with Crippen molar-refractivity contribution in [2.45, 2.75) is 90.6 Å². The van der Waals surface area contributed by atoms with Crippen molar-refractivity contribution in [3.63, 3.8) is 0 Å². The minimum atomic E-state index is 0.0348. The maximum absolute atomic E-state index is 12.1. The topological polar surface area (TPSA) is 35.9 Å². The van der Waals surface area contributed by atoms with Gasteiger partial charge >= 0.3 is 0 Å². The zero-order chi connectivity index (χ0) is 31.6. The van der Waals surface area contributed by atoms with Gasteiger partial charge in [0.2, 0.25) is 0 Å². The van der Waals surface area contributed by atoms with Crippen LogP contribution in [-0.4, -0.2) is 48.6 Å². The third-order valence-electron chi connectivity index (χ3n) is 12.6. The van der Waals surface area contributed by atoms with Gasteiger partial charge in [0.1, 0.15) is 5.70 Å². The number of piperidine rings is 1. The summed E-state index contributed by atoms with van der Waals surface area (Å²) in [6, 6.07) is 23.2. The second-order valence-electron chi connectivity index (χ2n) is 14.9. The summed E-state index contributed by atoms with van der Waals surface area (Å²) in [6.45, 7) is 12.9. The molecule has 0 radical (unpaired) electrons. The Bertz CT molecular complexity index is 1350. The van der Waals surface area contributed by atoms with Gasteiger partial charge in [0.05, 0.1) is 0 Å². The average Bonchev–Trinajstić information content (AvgIpc) is 3.73. The number of nitroso groups, excluding NO2 is 1. The van der Waals surface area contributed by atoms with Crippen LogP contribution in [0.3, 0.4) is 0 Å². The van der Waals surface area contributed by atoms with Crippen molar-refractivity contribution in [2.24, 2.45) is 33.8 Å². The van der Waals surface area contributed by atoms with Crippen LogP contribution in [0.1, 0.15) is 89.7 Å². The van der Waals surface area contributed by atoms with Crippen LogP contribution in [0.15, 0.2) is 101 Å². The molecule has 6 unspecified atom stereocenters. The van der Waals surface area contributed by atoms with Gasteiger partial charge in [0.15, 0.2) is 0 Å². The Kier molecular flexibility index (Phi) is 9.64. The quantitative estimate of drug-likeness (QED) is 0.168. The van der Waals surface area contributed by atoms with E-state index in [1.54, 1.807) is 0 Å². The molecule has 2 saturated carbocycles. The number of benzene rings is 2. The van der Waals surface area contributed by atoms with Gasteiger partial charge in [-0.05, 0) is 117 Å². The lowest BCUT2D eigenvalue weighted by atomic mass is 9.49. The molecule has 240 valence electrons. The molecular formula is C41H55N3O. The van der Waals surface area contributed by atoms with Crippen molar-refractivity contribution in [2.75, 3.05) is 26.7 Å². The van der Waals surface area contributed by atoms with Gasteiger partial charge in [-0.2, -0.15) is 0 Å². The Morgan fingerprint density at radius 3 is 2.31 bits per heavy atom. The van der Waals surface area contributed by atoms with Gasteiger partial charge in [-0.25, -0.2) is 0 Å². The van der Waals surface area contributed by atoms with E-state index >= 15 is 0 Å². The molecule has 3 fully saturated rings. The monoisotopic (exact) mass is 605 g/mol. The lowest BCUT2D eigenvalue weighted by Gasteiger charge is -2.62. The van der Waals surface area contributed by atoms with E-state index in [9.17, 15) is 4.91 Å². The summed E-state index contributed by atoms with van der Waals surface area (Å²) in [6.07, 6.45) is 17.3. The average molecular weight is 606 g/mol. The van der Waals surface area contributed by atoms with Crippen molar-refractivity contribution in [1.82, 2.24) is 9.80 Å². The number of allylic oxidation sites excluding steroid dienone is 5. The molecule has 2 aromatic rings. The van der Waals surface area contributed by atoms with Crippen LogP contribution in [-0.2, 0) is 0 Å². The van der Waals surface area contributed by atoms with Gasteiger partial charge in [0, 0.05) is 43.1 Å². The first-order chi connectivity index (χ1) is 21.9. The first-order valence-electron chi connectivity index (χ1n) is 17.8. The highest BCUT2D eigenvalue weighted by Crippen LogP contribution is 2.72. The van der Waals surface area contributed by atoms with Crippen LogP contribution in [0.2, 0.25) is 0 Å². The molecule has 1 aliphatic heterocycles. The highest BCUT2D eigenvalue weighted by atomic mass is 16.3. The largest absolute Gasteiger partial charge is 0.302 e. The van der Waals surface area contributed by atoms with Gasteiger partial charge in [-0.1, -0.05) is 93.1 Å². The zero-order valence-corrected chi connectivity index (χ0v) is 28.4. The molecule has 2 aromatic carbocycles. The van der Waals surface area contributed by atoms with E-state index in [-0.39, 0.29) is 10.8 Å². The fraction of sp³-hybridized carbons (Fsp3) is 0.561. The number of rotatable bonds is 13. The van der Waals surface area contributed by atoms with Crippen molar-refractivity contribution in [3.05, 3.63) is 112 Å². The Labute approximate surface area is 272 Å². The normalized spacial score (nSPS) is 31.0. The minimum absolute atomic E-state index is 0.0348. The van der Waals surface area contributed by atoms with Crippen molar-refractivity contribution < 1.29 is 0 Å². The predicted octanol–water partition coefficient (Wildman–Crippen LogP) is 9.61. The molecule has 0 aromatic heterocycles. The molecule has 6 rings (SSSR count). The summed E-state index contributed by atoms with van der Waals surface area (Å²) < 4.78 is 0. The summed E-state index contributed by atoms with van der Waals surface area (Å²) in [4.78, 5) is 17.7. The number of nitrogens with zero attached hydrogens (tertiary/aromatic N) is 3. The lowest BCUT2D eigenvalue weighted by molar-refractivity contribution is -0.108. The molecule has 1 spiro atoms. The predicted molar refractivity (Wildman–Crippen MR) is 188 cm³/mol. The maximum Gasteiger partial charge on any atom is 0.107 e. The van der Waals surface area contributed by atoms with E-state index in [0.717, 1.165) is 18.9 Å². The molecular weight excluding hydrogens is 550 g/mol. The van der Waals surface area contributed by atoms with Crippen LogP contribution in [0, 0.1) is 33.5 Å². The molecule has 0 N–H and O–H groups in total. The lowest BCUT2D eigenvalue weighted by Crippen LogP contribution is -2.64. The highest BCUT2D eigenvalue weighted by molar-refractivity contribution is 5.44. The van der Waals surface area contributed by atoms with E-state index in [1.165, 1.54) is 68.3 Å². The van der Waals surface area contributed by atoms with Gasteiger partial charge in [-0.15, -0.1) is 4.91 Å². The molecule has 3 aliphatic carbocycles. The third kappa shape index (κ3) is 5.82. The number of hydrogen-bond acceptors (Lipinski definition) is 4. The Balaban J connectivity index is 1.41. The SMILES string of the molecule is C/C=C\C(=C/C1=CCC2CN(CC3CC3)C(C)C3(C)CCC(C(CCC)N(C)CC(c4ccccc4)c4ccccc4)C123)N=O. The number of hydrogen-bond donors (Lipinski definition) is 0. The highest BCUT2D eigenvalue weighted by Gasteiger charge is 2.69. The summed E-state index contributed by atoms with van der Waals surface area (Å²) in [5.74, 6) is 2.30. The van der Waals surface area contributed by atoms with Crippen LogP contribution >= 0.6 is 0 Å². The van der Waals surface area contributed by atoms with Crippen LogP contribution in [0.4, 0.5) is 0 Å². The van der Waals surface area contributed by atoms with Crippen LogP contribution in [0.25, 0.3) is 0 Å². The first kappa shape index (κ1) is 32.1. The molecule has 0 bridgehead atoms. The van der Waals surface area contributed by atoms with Crippen LogP contribution < -0.4 is 0 Å². The third-order valence-corrected chi connectivity index (χ3v) is 12.6. The maximum atomic E-state index is 12.1. The van der Waals surface area contributed by atoms with E-state index < -0.39 is 0 Å². The smallest absolute Gasteiger partial charge is 0.107 e. The summed E-state index contributed by atoms with van der Waals surface area (Å²) in [7, 11) is 2.40. The molecule has 4 aliphatic rings. The molecule has 0 amide bonds. The molecule has 1 saturated heterocycles. The Morgan fingerprint density at radius 2 is 1.73 bits per heavy atom. The summed E-state index contributed by atoms with van der Waals surface area (Å²) in [5.41, 5.74) is 4.92. The minimum Gasteiger partial charge on any atom is -0.302 e. The van der Waals surface area contributed by atoms with E-state index in [4.69, 9.17) is 0 Å². The van der Waals surface area contributed by atoms with Crippen LogP contribution in [0.5, 0.6) is 0 Å². The van der Waals surface area contributed by atoms with Gasteiger partial charge in [0.25, 0.3) is 0 Å². The van der Waals surface area contributed by atoms with E-state index in [2.05, 4.69) is 116 Å². The number of likely N-dealkylation sites (N-methyl/N-ethyl adjacent to an activating group) is 1. The molecule has 45 heavy (non-hydrogen) atoms. The van der Waals surface area contributed by atoms with Gasteiger partial charge < -0.3 is 4.90 Å². The fourth-order valence-electron chi connectivity index (χ4n) is 10.3. The molecule has 4 heteroatoms. The van der Waals surface area contributed by atoms with E-state index in [0.29, 0.717) is 35.5 Å². The summed E-state index contributed by atoms with van der Waals surface area (Å²) >= 11 is 0. The number of likely N-dealkylation sites (tertiary alicyclic amines) is 1. The zero-order valence-electron chi connectivity index (χ0n) is 28.4. The molecule has 1 heterocycles. The second-order valence-corrected chi connectivity index (χ2v) is 14.9. The fourth-order valence-corrected chi connectivity index (χ4v) is 10.3. The Morgan fingerprint density at radius 1 is 1.07 bits per heavy atom. The summed E-state index contributed by atoms with van der Waals surface area (Å²) in [5, 5.41) is 3.50. The second kappa shape index (κ2) is 13.5. The molecule has 6 atom stereocenters. The van der Waals surface area contributed by atoms with Crippen molar-refractivity contribution in [3.8, 4) is 0 Å². The van der Waals surface area contributed by atoms with Crippen molar-refractivity contribution >= 4 is 0 Å². The van der Waals surface area contributed by atoms with Gasteiger partial charge in [-0.3, -0.25) is 4.90 Å². The first-order valence-corrected chi connectivity index (χ1v) is 17.8. The standard InChI is InChI=1S/C41H55N3O/c1-6-14-36(42-45)26-34-22-23-35-28-44(27-31-20-21-31)30(3)40(4)25-24-38(41(34,35)40)39(15-7-2)43(5)29-37(32-16-10-8-11-17-32)33-18-12-9-13-19-33/h6,8-14,16-19,22,26,30-31,35,37-39H,7,15,20-21,23-25,27-29H2,1-5H3/b14-6-,36-26+. The Hall–Kier alpha value is -2.82. The van der Waals surface area contributed by atoms with Crippen molar-refractivity contribution in [1.29, 1.82) is 0 Å². The molecule has 4 nitrogen and oxygen atoms in total.